The topological polar surface area (TPSA) is 139 Å². The molecule has 0 atom stereocenters. The third-order valence-corrected chi connectivity index (χ3v) is 8.48. The molecule has 3 aromatic carbocycles. The highest BCUT2D eigenvalue weighted by Crippen LogP contribution is 2.48. The quantitative estimate of drug-likeness (QED) is 0.128. The lowest BCUT2D eigenvalue weighted by molar-refractivity contribution is -0.385. The van der Waals surface area contributed by atoms with Gasteiger partial charge in [0.2, 0.25) is 5.78 Å². The van der Waals surface area contributed by atoms with Crippen LogP contribution in [0, 0.1) is 10.1 Å². The second kappa shape index (κ2) is 13.0. The van der Waals surface area contributed by atoms with Crippen LogP contribution in [0.1, 0.15) is 25.0 Å². The van der Waals surface area contributed by atoms with E-state index in [1.807, 2.05) is 13.8 Å². The number of anilines is 1. The van der Waals surface area contributed by atoms with Crippen molar-refractivity contribution in [2.45, 2.75) is 25.9 Å². The number of hydrogen-bond donors (Lipinski definition) is 0. The Morgan fingerprint density at radius 1 is 0.957 bits per heavy atom. The van der Waals surface area contributed by atoms with Crippen LogP contribution in [-0.2, 0) is 16.8 Å². The van der Waals surface area contributed by atoms with Crippen LogP contribution >= 0.6 is 23.2 Å². The molecule has 1 heterocycles. The normalized spacial score (nSPS) is 14.7. The van der Waals surface area contributed by atoms with Gasteiger partial charge in [-0.1, -0.05) is 37.0 Å². The molecule has 1 amide bonds. The number of ketones is 1. The number of rotatable bonds is 9. The zero-order valence-corrected chi connectivity index (χ0v) is 27.7. The van der Waals surface area contributed by atoms with Gasteiger partial charge < -0.3 is 23.7 Å². The molecule has 12 nitrogen and oxygen atoms in total. The van der Waals surface area contributed by atoms with Crippen molar-refractivity contribution in [3.05, 3.63) is 91.5 Å². The Hall–Kier alpha value is -5.07. The van der Waals surface area contributed by atoms with E-state index in [-0.39, 0.29) is 56.6 Å². The number of methoxy groups -OCH3 is 3. The molecule has 0 bridgehead atoms. The zero-order chi connectivity index (χ0) is 34.2. The number of nitro groups is 1. The van der Waals surface area contributed by atoms with Crippen LogP contribution in [0.5, 0.6) is 28.7 Å². The highest BCUT2D eigenvalue weighted by atomic mass is 35.5. The van der Waals surface area contributed by atoms with E-state index in [0.29, 0.717) is 28.3 Å². The van der Waals surface area contributed by atoms with Crippen molar-refractivity contribution >= 4 is 57.9 Å². The first-order valence-electron chi connectivity index (χ1n) is 14.0. The number of nitrogens with zero attached hydrogens (tertiary/aromatic N) is 3. The SMILES string of the molecule is COc1ccc(OCc2cc(OC)c(OC)cc2[N+](=O)[O-])c(N(C)C(=O)Oc2ccc3c(c2)C(C)(C)C2=C(Cl)C(=O)C(Cl)=CC2=N3)c1. The molecule has 47 heavy (non-hydrogen) atoms. The maximum absolute atomic E-state index is 13.5. The summed E-state index contributed by atoms with van der Waals surface area (Å²) in [5, 5.41) is 11.8. The average Bonchev–Trinajstić information content (AvgIpc) is 3.05. The van der Waals surface area contributed by atoms with Crippen LogP contribution in [0.3, 0.4) is 0 Å². The van der Waals surface area contributed by atoms with Gasteiger partial charge in [0.05, 0.1) is 65.0 Å². The van der Waals surface area contributed by atoms with Gasteiger partial charge in [0.1, 0.15) is 23.9 Å². The second-order valence-corrected chi connectivity index (χ2v) is 11.7. The Bertz CT molecular complexity index is 1920. The number of allylic oxidation sites excluding steroid dienone is 4. The van der Waals surface area contributed by atoms with Crippen molar-refractivity contribution in [3.8, 4) is 28.7 Å². The first kappa shape index (κ1) is 33.3. The van der Waals surface area contributed by atoms with Crippen molar-refractivity contribution in [2.24, 2.45) is 4.99 Å². The van der Waals surface area contributed by atoms with Gasteiger partial charge in [-0.15, -0.1) is 0 Å². The molecular weight excluding hydrogens is 653 g/mol. The van der Waals surface area contributed by atoms with E-state index in [9.17, 15) is 19.7 Å². The molecule has 2 aliphatic rings. The Balaban J connectivity index is 1.43. The molecule has 0 saturated heterocycles. The van der Waals surface area contributed by atoms with Crippen molar-refractivity contribution in [1.29, 1.82) is 0 Å². The van der Waals surface area contributed by atoms with Crippen LogP contribution in [-0.4, -0.2) is 50.9 Å². The van der Waals surface area contributed by atoms with Gasteiger partial charge in [0, 0.05) is 24.1 Å². The fraction of sp³-hybridized carbons (Fsp3) is 0.242. The van der Waals surface area contributed by atoms with Crippen LogP contribution in [0.15, 0.2) is 75.2 Å². The molecule has 0 unspecified atom stereocenters. The maximum atomic E-state index is 13.5. The molecule has 3 aromatic rings. The summed E-state index contributed by atoms with van der Waals surface area (Å²) in [5.74, 6) is 0.858. The monoisotopic (exact) mass is 681 g/mol. The molecule has 0 radical (unpaired) electrons. The average molecular weight is 683 g/mol. The number of fused-ring (bicyclic) bond motifs is 2. The second-order valence-electron chi connectivity index (χ2n) is 11.0. The predicted molar refractivity (Wildman–Crippen MR) is 176 cm³/mol. The van der Waals surface area contributed by atoms with Crippen molar-refractivity contribution < 1.29 is 38.2 Å². The summed E-state index contributed by atoms with van der Waals surface area (Å²) in [4.78, 5) is 43.1. The number of carbonyl (C=O) groups excluding carboxylic acids is 2. The van der Waals surface area contributed by atoms with E-state index >= 15 is 0 Å². The molecule has 0 aromatic heterocycles. The Labute approximate surface area is 279 Å². The summed E-state index contributed by atoms with van der Waals surface area (Å²) < 4.78 is 27.6. The van der Waals surface area contributed by atoms with Gasteiger partial charge in [0.25, 0.3) is 5.69 Å². The zero-order valence-electron chi connectivity index (χ0n) is 26.2. The molecule has 244 valence electrons. The number of aliphatic imine (C=N–C) groups is 1. The number of benzene rings is 3. The largest absolute Gasteiger partial charge is 0.497 e. The summed E-state index contributed by atoms with van der Waals surface area (Å²) in [6, 6.07) is 12.4. The van der Waals surface area contributed by atoms with Gasteiger partial charge in [-0.2, -0.15) is 0 Å². The minimum absolute atomic E-state index is 0.0157. The number of Topliss-reactive ketones (excluding diaryl/α,β-unsaturated/α-hetero) is 1. The molecule has 0 N–H and O–H groups in total. The van der Waals surface area contributed by atoms with E-state index < -0.39 is 22.2 Å². The predicted octanol–water partition coefficient (Wildman–Crippen LogP) is 7.40. The lowest BCUT2D eigenvalue weighted by Gasteiger charge is -2.36. The van der Waals surface area contributed by atoms with Crippen molar-refractivity contribution in [1.82, 2.24) is 0 Å². The van der Waals surface area contributed by atoms with Crippen molar-refractivity contribution in [3.63, 3.8) is 0 Å². The highest BCUT2D eigenvalue weighted by molar-refractivity contribution is 6.58. The summed E-state index contributed by atoms with van der Waals surface area (Å²) >= 11 is 12.5. The molecule has 0 spiro atoms. The van der Waals surface area contributed by atoms with E-state index in [1.165, 1.54) is 51.5 Å². The third-order valence-electron chi connectivity index (χ3n) is 7.83. The van der Waals surface area contributed by atoms with Crippen molar-refractivity contribution in [2.75, 3.05) is 33.3 Å². The molecule has 1 aliphatic carbocycles. The first-order chi connectivity index (χ1) is 22.3. The minimum atomic E-state index is -0.776. The Kier molecular flexibility index (Phi) is 9.19. The van der Waals surface area contributed by atoms with E-state index in [2.05, 4.69) is 4.99 Å². The molecule has 5 rings (SSSR count). The molecule has 1 aliphatic heterocycles. The van der Waals surface area contributed by atoms with Gasteiger partial charge in [-0.25, -0.2) is 9.79 Å². The van der Waals surface area contributed by atoms with Gasteiger partial charge in [-0.05, 0) is 48.0 Å². The fourth-order valence-corrected chi connectivity index (χ4v) is 6.02. The number of halogens is 2. The minimum Gasteiger partial charge on any atom is -0.497 e. The van der Waals surface area contributed by atoms with E-state index in [1.54, 1.807) is 36.4 Å². The Morgan fingerprint density at radius 3 is 2.30 bits per heavy atom. The standard InChI is InChI=1S/C33H29Cl2N3O9/c1-33(2)20-12-19(7-9-22(20)36-23-14-21(34)31(39)30(35)29(23)33)47-32(40)37(3)25-13-18(43-4)8-10-26(25)46-16-17-11-27(44-5)28(45-6)15-24(17)38(41)42/h7-15H,16H2,1-6H3. The lowest BCUT2D eigenvalue weighted by atomic mass is 9.71. The number of ether oxygens (including phenoxy) is 5. The highest BCUT2D eigenvalue weighted by Gasteiger charge is 2.40. The van der Waals surface area contributed by atoms with Crippen LogP contribution in [0.4, 0.5) is 21.9 Å². The summed E-state index contributed by atoms with van der Waals surface area (Å²) in [5.41, 5.74) is 1.78. The number of amides is 1. The molecule has 0 fully saturated rings. The fourth-order valence-electron chi connectivity index (χ4n) is 5.34. The Morgan fingerprint density at radius 2 is 1.64 bits per heavy atom. The number of hydrogen-bond acceptors (Lipinski definition) is 10. The molecule has 14 heteroatoms. The lowest BCUT2D eigenvalue weighted by Crippen LogP contribution is -2.33. The summed E-state index contributed by atoms with van der Waals surface area (Å²) in [6.45, 7) is 3.54. The van der Waals surface area contributed by atoms with E-state index in [0.717, 1.165) is 0 Å². The first-order valence-corrected chi connectivity index (χ1v) is 14.8. The van der Waals surface area contributed by atoms with Crippen LogP contribution < -0.4 is 28.6 Å². The summed E-state index contributed by atoms with van der Waals surface area (Å²) in [6.07, 6.45) is 0.730. The smallest absolute Gasteiger partial charge is 0.419 e. The van der Waals surface area contributed by atoms with Gasteiger partial charge in [-0.3, -0.25) is 19.8 Å². The maximum Gasteiger partial charge on any atom is 0.419 e. The number of nitro benzene ring substituents is 1. The number of carbonyl (C=O) groups is 2. The van der Waals surface area contributed by atoms with Crippen LogP contribution in [0.25, 0.3) is 0 Å². The summed E-state index contributed by atoms with van der Waals surface area (Å²) in [7, 11) is 5.75. The molecular formula is C33H29Cl2N3O9. The molecule has 0 saturated carbocycles. The van der Waals surface area contributed by atoms with Gasteiger partial charge in [0.15, 0.2) is 11.5 Å². The van der Waals surface area contributed by atoms with E-state index in [4.69, 9.17) is 46.9 Å². The van der Waals surface area contributed by atoms with Crippen LogP contribution in [0.2, 0.25) is 0 Å². The third kappa shape index (κ3) is 6.21. The van der Waals surface area contributed by atoms with Gasteiger partial charge >= 0.3 is 6.09 Å².